The van der Waals surface area contributed by atoms with Gasteiger partial charge in [0, 0.05) is 32.2 Å². The molecule has 1 aliphatic rings. The predicted octanol–water partition coefficient (Wildman–Crippen LogP) is 0.611. The lowest BCUT2D eigenvalue weighted by molar-refractivity contribution is 0.103. The van der Waals surface area contributed by atoms with Crippen molar-refractivity contribution in [1.29, 1.82) is 0 Å². The molecule has 16 heavy (non-hydrogen) atoms. The second-order valence-electron chi connectivity index (χ2n) is 4.33. The van der Waals surface area contributed by atoms with Crippen LogP contribution in [0.25, 0.3) is 0 Å². The molecule has 3 nitrogen and oxygen atoms in total. The van der Waals surface area contributed by atoms with Gasteiger partial charge >= 0.3 is 0 Å². The Kier molecular flexibility index (Phi) is 3.53. The van der Waals surface area contributed by atoms with Gasteiger partial charge in [0.1, 0.15) is 5.82 Å². The van der Waals surface area contributed by atoms with Gasteiger partial charge in [-0.1, -0.05) is 12.1 Å². The molecule has 0 aliphatic carbocycles. The van der Waals surface area contributed by atoms with Gasteiger partial charge in [0.25, 0.3) is 0 Å². The summed E-state index contributed by atoms with van der Waals surface area (Å²) >= 11 is 0. The number of β-amino-alcohol motifs (C(OH)–C–C–N with tert-alkyl or cyclic N) is 1. The molecule has 2 rings (SSSR count). The summed E-state index contributed by atoms with van der Waals surface area (Å²) in [7, 11) is 0. The highest BCUT2D eigenvalue weighted by Gasteiger charge is 2.30. The number of aliphatic hydroxyl groups excluding tert-OH is 2. The first-order valence-electron chi connectivity index (χ1n) is 5.45. The minimum absolute atomic E-state index is 0.000811. The van der Waals surface area contributed by atoms with Crippen LogP contribution in [0.1, 0.15) is 5.56 Å². The Balaban J connectivity index is 1.96. The number of aliphatic hydroxyl groups is 2. The lowest BCUT2D eigenvalue weighted by Crippen LogP contribution is -2.21. The van der Waals surface area contributed by atoms with E-state index in [0.717, 1.165) is 5.56 Å². The van der Waals surface area contributed by atoms with Crippen LogP contribution in [-0.4, -0.2) is 40.9 Å². The lowest BCUT2D eigenvalue weighted by atomic mass is 10.1. The van der Waals surface area contributed by atoms with E-state index < -0.39 is 6.10 Å². The third kappa shape index (κ3) is 2.58. The molecule has 2 unspecified atom stereocenters. The molecular weight excluding hydrogens is 209 g/mol. The van der Waals surface area contributed by atoms with Crippen LogP contribution in [0, 0.1) is 11.7 Å². The van der Waals surface area contributed by atoms with Crippen molar-refractivity contribution < 1.29 is 14.6 Å². The van der Waals surface area contributed by atoms with E-state index in [1.54, 1.807) is 6.07 Å². The first-order valence-corrected chi connectivity index (χ1v) is 5.45. The molecule has 4 heteroatoms. The second-order valence-corrected chi connectivity index (χ2v) is 4.33. The van der Waals surface area contributed by atoms with Crippen molar-refractivity contribution in [2.45, 2.75) is 12.6 Å². The van der Waals surface area contributed by atoms with E-state index in [4.69, 9.17) is 5.11 Å². The van der Waals surface area contributed by atoms with Crippen LogP contribution >= 0.6 is 0 Å². The molecule has 2 N–H and O–H groups in total. The molecule has 88 valence electrons. The van der Waals surface area contributed by atoms with Gasteiger partial charge in [-0.05, 0) is 17.7 Å². The minimum Gasteiger partial charge on any atom is -0.396 e. The summed E-state index contributed by atoms with van der Waals surface area (Å²) in [4.78, 5) is 2.03. The van der Waals surface area contributed by atoms with Gasteiger partial charge < -0.3 is 10.2 Å². The zero-order valence-electron chi connectivity index (χ0n) is 9.01. The lowest BCUT2D eigenvalue weighted by Gasteiger charge is -2.14. The van der Waals surface area contributed by atoms with Crippen molar-refractivity contribution in [2.75, 3.05) is 19.7 Å². The van der Waals surface area contributed by atoms with E-state index in [9.17, 15) is 9.50 Å². The predicted molar refractivity (Wildman–Crippen MR) is 58.3 cm³/mol. The van der Waals surface area contributed by atoms with E-state index in [2.05, 4.69) is 0 Å². The first kappa shape index (κ1) is 11.5. The third-order valence-corrected chi connectivity index (χ3v) is 3.01. The van der Waals surface area contributed by atoms with Crippen LogP contribution in [0.15, 0.2) is 24.3 Å². The van der Waals surface area contributed by atoms with Gasteiger partial charge in [-0.2, -0.15) is 0 Å². The van der Waals surface area contributed by atoms with E-state index in [0.29, 0.717) is 19.6 Å². The van der Waals surface area contributed by atoms with Gasteiger partial charge in [0.2, 0.25) is 0 Å². The van der Waals surface area contributed by atoms with Crippen LogP contribution in [0.5, 0.6) is 0 Å². The number of rotatable bonds is 3. The van der Waals surface area contributed by atoms with Crippen molar-refractivity contribution in [1.82, 2.24) is 4.90 Å². The van der Waals surface area contributed by atoms with Crippen LogP contribution in [-0.2, 0) is 6.54 Å². The van der Waals surface area contributed by atoms with Gasteiger partial charge in [-0.15, -0.1) is 0 Å². The van der Waals surface area contributed by atoms with Gasteiger partial charge in [0.15, 0.2) is 0 Å². The maximum atomic E-state index is 13.0. The monoisotopic (exact) mass is 225 g/mol. The van der Waals surface area contributed by atoms with Crippen LogP contribution < -0.4 is 0 Å². The molecule has 0 bridgehead atoms. The van der Waals surface area contributed by atoms with Crippen LogP contribution in [0.2, 0.25) is 0 Å². The van der Waals surface area contributed by atoms with Crippen molar-refractivity contribution in [3.63, 3.8) is 0 Å². The molecule has 2 atom stereocenters. The fraction of sp³-hybridized carbons (Fsp3) is 0.500. The number of likely N-dealkylation sites (tertiary alicyclic amines) is 1. The number of benzene rings is 1. The van der Waals surface area contributed by atoms with Crippen molar-refractivity contribution in [2.24, 2.45) is 5.92 Å². The summed E-state index contributed by atoms with van der Waals surface area (Å²) in [6, 6.07) is 6.46. The largest absolute Gasteiger partial charge is 0.396 e. The minimum atomic E-state index is -0.474. The Morgan fingerprint density at radius 3 is 2.81 bits per heavy atom. The maximum Gasteiger partial charge on any atom is 0.123 e. The zero-order chi connectivity index (χ0) is 11.5. The Morgan fingerprint density at radius 2 is 2.19 bits per heavy atom. The molecule has 0 amide bonds. The first-order chi connectivity index (χ1) is 7.69. The highest BCUT2D eigenvalue weighted by atomic mass is 19.1. The van der Waals surface area contributed by atoms with E-state index in [1.165, 1.54) is 12.1 Å². The topological polar surface area (TPSA) is 43.7 Å². The van der Waals surface area contributed by atoms with E-state index in [1.807, 2.05) is 11.0 Å². The highest BCUT2D eigenvalue weighted by Crippen LogP contribution is 2.19. The van der Waals surface area contributed by atoms with Gasteiger partial charge in [-0.3, -0.25) is 4.90 Å². The van der Waals surface area contributed by atoms with Gasteiger partial charge in [-0.25, -0.2) is 4.39 Å². The number of hydrogen-bond donors (Lipinski definition) is 2. The molecular formula is C12H16FNO2. The molecule has 1 saturated heterocycles. The molecule has 1 fully saturated rings. The van der Waals surface area contributed by atoms with Crippen molar-refractivity contribution >= 4 is 0 Å². The molecule has 1 heterocycles. The quantitative estimate of drug-likeness (QED) is 0.792. The molecule has 0 spiro atoms. The number of halogens is 1. The summed E-state index contributed by atoms with van der Waals surface area (Å²) in [6.45, 7) is 1.82. The Morgan fingerprint density at radius 1 is 1.38 bits per heavy atom. The molecule has 0 saturated carbocycles. The fourth-order valence-corrected chi connectivity index (χ4v) is 2.14. The van der Waals surface area contributed by atoms with Gasteiger partial charge in [0.05, 0.1) is 6.10 Å². The van der Waals surface area contributed by atoms with E-state index >= 15 is 0 Å². The normalized spacial score (nSPS) is 26.2. The van der Waals surface area contributed by atoms with Crippen molar-refractivity contribution in [3.05, 3.63) is 35.6 Å². The molecule has 1 aromatic carbocycles. The highest BCUT2D eigenvalue weighted by molar-refractivity contribution is 5.16. The summed E-state index contributed by atoms with van der Waals surface area (Å²) in [6.07, 6.45) is -0.474. The zero-order valence-corrected chi connectivity index (χ0v) is 9.01. The number of nitrogens with zero attached hydrogens (tertiary/aromatic N) is 1. The third-order valence-electron chi connectivity index (χ3n) is 3.01. The van der Waals surface area contributed by atoms with E-state index in [-0.39, 0.29) is 18.3 Å². The van der Waals surface area contributed by atoms with Crippen LogP contribution in [0.3, 0.4) is 0 Å². The SMILES string of the molecule is OCC1CN(Cc2cccc(F)c2)CC1O. The maximum absolute atomic E-state index is 13.0. The Hall–Kier alpha value is -0.970. The summed E-state index contributed by atoms with van der Waals surface area (Å²) in [5.41, 5.74) is 0.894. The second kappa shape index (κ2) is 4.91. The molecule has 1 aliphatic heterocycles. The fourth-order valence-electron chi connectivity index (χ4n) is 2.14. The molecule has 0 radical (unpaired) electrons. The summed E-state index contributed by atoms with van der Waals surface area (Å²) < 4.78 is 13.0. The standard InChI is InChI=1S/C12H16FNO2/c13-11-3-1-2-9(4-11)5-14-6-10(8-15)12(16)7-14/h1-4,10,12,15-16H,5-8H2. The van der Waals surface area contributed by atoms with Crippen LogP contribution in [0.4, 0.5) is 4.39 Å². The smallest absolute Gasteiger partial charge is 0.123 e. The summed E-state index contributed by atoms with van der Waals surface area (Å²) in [5, 5.41) is 18.6. The molecule has 0 aromatic heterocycles. The average Bonchev–Trinajstić information content (AvgIpc) is 2.58. The Labute approximate surface area is 94.1 Å². The molecule has 1 aromatic rings. The Bertz CT molecular complexity index is 359. The van der Waals surface area contributed by atoms with Crippen molar-refractivity contribution in [3.8, 4) is 0 Å². The number of hydrogen-bond acceptors (Lipinski definition) is 3. The summed E-state index contributed by atoms with van der Waals surface area (Å²) in [5.74, 6) is -0.315. The average molecular weight is 225 g/mol.